The van der Waals surface area contributed by atoms with Crippen molar-refractivity contribution in [1.82, 2.24) is 14.8 Å². The standard InChI is InChI=1S/C15H22N4OS/c1-4-5-8-19-13(6-7-16-19)18-14(20)9-12-10-21-15(17-12)11(2)3/h6-7,10-11H,4-5,8-9H2,1-3H3,(H,18,20). The Morgan fingerprint density at radius 1 is 1.48 bits per heavy atom. The normalized spacial score (nSPS) is 11.0. The van der Waals surface area contributed by atoms with Gasteiger partial charge in [0.2, 0.25) is 5.91 Å². The van der Waals surface area contributed by atoms with E-state index in [0.717, 1.165) is 35.9 Å². The Morgan fingerprint density at radius 2 is 2.29 bits per heavy atom. The van der Waals surface area contributed by atoms with Crippen LogP contribution in [0.15, 0.2) is 17.6 Å². The van der Waals surface area contributed by atoms with Crippen LogP contribution in [-0.4, -0.2) is 20.7 Å². The quantitative estimate of drug-likeness (QED) is 0.852. The predicted molar refractivity (Wildman–Crippen MR) is 85.7 cm³/mol. The Hall–Kier alpha value is -1.69. The average molecular weight is 306 g/mol. The molecule has 2 aromatic rings. The number of carbonyl (C=O) groups is 1. The molecule has 0 saturated heterocycles. The third kappa shape index (κ3) is 4.39. The maximum Gasteiger partial charge on any atom is 0.231 e. The highest BCUT2D eigenvalue weighted by molar-refractivity contribution is 7.09. The second-order valence-corrected chi connectivity index (χ2v) is 6.24. The number of amides is 1. The van der Waals surface area contributed by atoms with Crippen LogP contribution in [0, 0.1) is 0 Å². The highest BCUT2D eigenvalue weighted by Crippen LogP contribution is 2.19. The lowest BCUT2D eigenvalue weighted by molar-refractivity contribution is -0.115. The molecule has 0 unspecified atom stereocenters. The van der Waals surface area contributed by atoms with Crippen LogP contribution in [0.5, 0.6) is 0 Å². The van der Waals surface area contributed by atoms with E-state index in [-0.39, 0.29) is 5.91 Å². The number of aryl methyl sites for hydroxylation is 1. The van der Waals surface area contributed by atoms with Gasteiger partial charge in [-0.1, -0.05) is 27.2 Å². The molecule has 21 heavy (non-hydrogen) atoms. The third-order valence-corrected chi connectivity index (χ3v) is 4.31. The fraction of sp³-hybridized carbons (Fsp3) is 0.533. The zero-order valence-corrected chi connectivity index (χ0v) is 13.6. The van der Waals surface area contributed by atoms with Crippen LogP contribution in [0.2, 0.25) is 0 Å². The van der Waals surface area contributed by atoms with Gasteiger partial charge in [-0.05, 0) is 6.42 Å². The van der Waals surface area contributed by atoms with E-state index in [9.17, 15) is 4.79 Å². The van der Waals surface area contributed by atoms with Crippen LogP contribution in [0.4, 0.5) is 5.82 Å². The maximum absolute atomic E-state index is 12.1. The Bertz CT molecular complexity index is 588. The van der Waals surface area contributed by atoms with Crippen molar-refractivity contribution in [2.75, 3.05) is 5.32 Å². The van der Waals surface area contributed by atoms with Crippen LogP contribution in [0.1, 0.15) is 50.2 Å². The minimum Gasteiger partial charge on any atom is -0.311 e. The number of nitrogens with zero attached hydrogens (tertiary/aromatic N) is 3. The van der Waals surface area contributed by atoms with Crippen molar-refractivity contribution in [3.63, 3.8) is 0 Å². The van der Waals surface area contributed by atoms with Crippen LogP contribution in [-0.2, 0) is 17.8 Å². The molecule has 0 aliphatic rings. The second kappa shape index (κ2) is 7.36. The van der Waals surface area contributed by atoms with Crippen LogP contribution < -0.4 is 5.32 Å². The van der Waals surface area contributed by atoms with Gasteiger partial charge < -0.3 is 5.32 Å². The molecule has 5 nitrogen and oxygen atoms in total. The van der Waals surface area contributed by atoms with E-state index in [1.165, 1.54) is 0 Å². The summed E-state index contributed by atoms with van der Waals surface area (Å²) in [4.78, 5) is 16.6. The van der Waals surface area contributed by atoms with Gasteiger partial charge in [-0.2, -0.15) is 5.10 Å². The molecule has 0 spiro atoms. The van der Waals surface area contributed by atoms with Gasteiger partial charge >= 0.3 is 0 Å². The van der Waals surface area contributed by atoms with E-state index in [4.69, 9.17) is 0 Å². The molecule has 0 bridgehead atoms. The van der Waals surface area contributed by atoms with E-state index < -0.39 is 0 Å². The molecule has 0 atom stereocenters. The van der Waals surface area contributed by atoms with E-state index >= 15 is 0 Å². The zero-order valence-electron chi connectivity index (χ0n) is 12.8. The smallest absolute Gasteiger partial charge is 0.231 e. The Balaban J connectivity index is 1.93. The number of nitrogens with one attached hydrogen (secondary N) is 1. The fourth-order valence-corrected chi connectivity index (χ4v) is 2.78. The van der Waals surface area contributed by atoms with Gasteiger partial charge in [-0.15, -0.1) is 11.3 Å². The molecule has 1 amide bonds. The molecule has 0 saturated carbocycles. The number of hydrogen-bond acceptors (Lipinski definition) is 4. The van der Waals surface area contributed by atoms with Gasteiger partial charge in [-0.25, -0.2) is 9.67 Å². The molecule has 2 aromatic heterocycles. The molecular formula is C15H22N4OS. The number of thiazole rings is 1. The molecule has 0 radical (unpaired) electrons. The molecule has 0 aliphatic carbocycles. The summed E-state index contributed by atoms with van der Waals surface area (Å²) < 4.78 is 1.84. The largest absolute Gasteiger partial charge is 0.311 e. The van der Waals surface area contributed by atoms with Crippen LogP contribution in [0.3, 0.4) is 0 Å². The lowest BCUT2D eigenvalue weighted by Gasteiger charge is -2.07. The molecule has 2 heterocycles. The Labute approximate surface area is 129 Å². The summed E-state index contributed by atoms with van der Waals surface area (Å²) in [5.41, 5.74) is 0.834. The summed E-state index contributed by atoms with van der Waals surface area (Å²) in [6.07, 6.45) is 4.17. The lowest BCUT2D eigenvalue weighted by atomic mass is 10.2. The summed E-state index contributed by atoms with van der Waals surface area (Å²) in [5, 5.41) is 10.2. The number of hydrogen-bond donors (Lipinski definition) is 1. The molecule has 1 N–H and O–H groups in total. The monoisotopic (exact) mass is 306 g/mol. The number of anilines is 1. The molecule has 0 fully saturated rings. The number of carbonyl (C=O) groups excluding carboxylic acids is 1. The van der Waals surface area contributed by atoms with E-state index in [1.54, 1.807) is 17.5 Å². The molecular weight excluding hydrogens is 284 g/mol. The zero-order chi connectivity index (χ0) is 15.2. The lowest BCUT2D eigenvalue weighted by Crippen LogP contribution is -2.18. The van der Waals surface area contributed by atoms with Crippen molar-refractivity contribution in [2.45, 2.75) is 52.5 Å². The van der Waals surface area contributed by atoms with Crippen molar-refractivity contribution in [1.29, 1.82) is 0 Å². The van der Waals surface area contributed by atoms with Crippen molar-refractivity contribution >= 4 is 23.1 Å². The summed E-state index contributed by atoms with van der Waals surface area (Å²) in [5.74, 6) is 1.11. The number of unbranched alkanes of at least 4 members (excludes halogenated alkanes) is 1. The topological polar surface area (TPSA) is 59.8 Å². The van der Waals surface area contributed by atoms with Crippen molar-refractivity contribution < 1.29 is 4.79 Å². The van der Waals surface area contributed by atoms with Gasteiger partial charge in [0.1, 0.15) is 5.82 Å². The van der Waals surface area contributed by atoms with Crippen LogP contribution >= 0.6 is 11.3 Å². The third-order valence-electron chi connectivity index (χ3n) is 3.11. The predicted octanol–water partition coefficient (Wildman–Crippen LogP) is 3.44. The maximum atomic E-state index is 12.1. The van der Waals surface area contributed by atoms with Crippen molar-refractivity contribution in [3.8, 4) is 0 Å². The Kier molecular flexibility index (Phi) is 5.50. The van der Waals surface area contributed by atoms with Gasteiger partial charge in [0.05, 0.1) is 23.3 Å². The average Bonchev–Trinajstić information content (AvgIpc) is 3.06. The Morgan fingerprint density at radius 3 is 2.95 bits per heavy atom. The summed E-state index contributed by atoms with van der Waals surface area (Å²) >= 11 is 1.61. The SMILES string of the molecule is CCCCn1nccc1NC(=O)Cc1csc(C(C)C)n1. The first kappa shape index (κ1) is 15.7. The number of rotatable bonds is 7. The molecule has 0 aliphatic heterocycles. The number of aromatic nitrogens is 3. The second-order valence-electron chi connectivity index (χ2n) is 5.35. The van der Waals surface area contributed by atoms with Crippen LogP contribution in [0.25, 0.3) is 0 Å². The van der Waals surface area contributed by atoms with Crippen molar-refractivity contribution in [2.24, 2.45) is 0 Å². The first-order valence-electron chi connectivity index (χ1n) is 7.36. The van der Waals surface area contributed by atoms with E-state index in [2.05, 4.69) is 36.2 Å². The first-order chi connectivity index (χ1) is 10.1. The highest BCUT2D eigenvalue weighted by atomic mass is 32.1. The summed E-state index contributed by atoms with van der Waals surface area (Å²) in [6, 6.07) is 1.83. The van der Waals surface area contributed by atoms with Gasteiger partial charge in [0.15, 0.2) is 0 Å². The van der Waals surface area contributed by atoms with E-state index in [0.29, 0.717) is 12.3 Å². The van der Waals surface area contributed by atoms with Gasteiger partial charge in [-0.3, -0.25) is 4.79 Å². The van der Waals surface area contributed by atoms with Crippen molar-refractivity contribution in [3.05, 3.63) is 28.3 Å². The van der Waals surface area contributed by atoms with Gasteiger partial charge in [0, 0.05) is 23.9 Å². The minimum atomic E-state index is -0.0474. The minimum absolute atomic E-state index is 0.0474. The first-order valence-corrected chi connectivity index (χ1v) is 8.24. The molecule has 2 rings (SSSR count). The summed E-state index contributed by atoms with van der Waals surface area (Å²) in [6.45, 7) is 7.17. The highest BCUT2D eigenvalue weighted by Gasteiger charge is 2.11. The fourth-order valence-electron chi connectivity index (χ4n) is 1.95. The van der Waals surface area contributed by atoms with Gasteiger partial charge in [0.25, 0.3) is 0 Å². The molecule has 114 valence electrons. The summed E-state index contributed by atoms with van der Waals surface area (Å²) in [7, 11) is 0. The van der Waals surface area contributed by atoms with E-state index in [1.807, 2.05) is 16.1 Å². The molecule has 0 aromatic carbocycles. The molecule has 6 heteroatoms.